The average Bonchev–Trinajstić information content (AvgIpc) is 2.74. The van der Waals surface area contributed by atoms with Gasteiger partial charge >= 0.3 is 12.1 Å². The quantitative estimate of drug-likeness (QED) is 0.539. The molecule has 0 aliphatic rings. The molecule has 0 saturated heterocycles. The van der Waals surface area contributed by atoms with E-state index in [0.29, 0.717) is 16.8 Å². The number of carbonyl (C=O) groups is 4. The molecule has 3 N–H and O–H groups in total. The molecule has 1 atom stereocenters. The number of halogens is 1. The zero-order valence-electron chi connectivity index (χ0n) is 16.6. The number of anilines is 1. The first kappa shape index (κ1) is 23.9. The number of alkyl carbamates (subject to hydrolysis) is 1. The zero-order chi connectivity index (χ0) is 22.8. The van der Waals surface area contributed by atoms with Crippen LogP contribution in [0.3, 0.4) is 0 Å². The normalized spacial score (nSPS) is 11.3. The van der Waals surface area contributed by atoms with Gasteiger partial charge in [0.15, 0.2) is 5.12 Å². The number of amides is 2. The highest BCUT2D eigenvalue weighted by molar-refractivity contribution is 8.13. The number of thioether (sulfide) groups is 1. The molecule has 10 heteroatoms. The smallest absolute Gasteiger partial charge is 0.408 e. The lowest BCUT2D eigenvalue weighted by Gasteiger charge is -2.13. The number of hydrogen-bond acceptors (Lipinski definition) is 6. The molecule has 8 nitrogen and oxygen atoms in total. The molecule has 0 spiro atoms. The van der Waals surface area contributed by atoms with Gasteiger partial charge in [0.05, 0.1) is 6.42 Å². The van der Waals surface area contributed by atoms with E-state index >= 15 is 0 Å². The van der Waals surface area contributed by atoms with Crippen molar-refractivity contribution in [2.75, 3.05) is 11.6 Å². The molecule has 0 bridgehead atoms. The number of ether oxygens (including phenoxy) is 1. The molecule has 0 unspecified atom stereocenters. The van der Waals surface area contributed by atoms with Crippen LogP contribution in [-0.4, -0.2) is 40.5 Å². The Morgan fingerprint density at radius 1 is 1.03 bits per heavy atom. The van der Waals surface area contributed by atoms with Crippen molar-refractivity contribution in [3.8, 4) is 0 Å². The van der Waals surface area contributed by atoms with Crippen LogP contribution in [0.15, 0.2) is 48.5 Å². The van der Waals surface area contributed by atoms with Crippen molar-refractivity contribution >= 4 is 40.5 Å². The minimum absolute atomic E-state index is 0.0924. The standard InChI is InChI=1S/C21H21FN2O6S/c1-31-19(26)11-17(20(27)28)24-21(29)30-12-14-4-8-16(9-5-14)23-18(25)10-13-2-6-15(22)7-3-13/h2-9,17H,10-12H2,1H3,(H,23,25)(H,24,29)(H,27,28)/t17-/m0/s1. The molecule has 2 rings (SSSR count). The van der Waals surface area contributed by atoms with Gasteiger partial charge in [-0.3, -0.25) is 9.59 Å². The number of carboxylic acids is 1. The van der Waals surface area contributed by atoms with E-state index in [4.69, 9.17) is 9.84 Å². The Labute approximate surface area is 182 Å². The van der Waals surface area contributed by atoms with Gasteiger partial charge in [-0.05, 0) is 41.6 Å². The maximum absolute atomic E-state index is 12.9. The Kier molecular flexibility index (Phi) is 9.01. The summed E-state index contributed by atoms with van der Waals surface area (Å²) >= 11 is 0.875. The number of nitrogens with one attached hydrogen (secondary N) is 2. The first-order valence-corrected chi connectivity index (χ1v) is 10.4. The van der Waals surface area contributed by atoms with Crippen molar-refractivity contribution in [2.45, 2.75) is 25.5 Å². The fourth-order valence-corrected chi connectivity index (χ4v) is 2.79. The van der Waals surface area contributed by atoms with Gasteiger partial charge in [0.2, 0.25) is 5.91 Å². The van der Waals surface area contributed by atoms with Crippen molar-refractivity contribution in [2.24, 2.45) is 0 Å². The molecule has 0 saturated carbocycles. The number of carbonyl (C=O) groups excluding carboxylic acids is 3. The van der Waals surface area contributed by atoms with Crippen LogP contribution >= 0.6 is 11.8 Å². The Morgan fingerprint density at radius 3 is 2.23 bits per heavy atom. The highest BCUT2D eigenvalue weighted by Crippen LogP contribution is 2.12. The number of aliphatic carboxylic acids is 1. The fourth-order valence-electron chi connectivity index (χ4n) is 2.46. The number of benzene rings is 2. The first-order valence-electron chi connectivity index (χ1n) is 9.13. The first-order chi connectivity index (χ1) is 14.8. The molecular weight excluding hydrogens is 427 g/mol. The maximum Gasteiger partial charge on any atom is 0.408 e. The third-order valence-electron chi connectivity index (χ3n) is 4.07. The monoisotopic (exact) mass is 448 g/mol. The predicted molar refractivity (Wildman–Crippen MR) is 113 cm³/mol. The number of carboxylic acid groups (broad SMARTS) is 1. The van der Waals surface area contributed by atoms with E-state index in [1.54, 1.807) is 24.3 Å². The molecule has 0 heterocycles. The van der Waals surface area contributed by atoms with Crippen molar-refractivity contribution in [1.29, 1.82) is 0 Å². The lowest BCUT2D eigenvalue weighted by Crippen LogP contribution is -2.42. The zero-order valence-corrected chi connectivity index (χ0v) is 17.4. The van der Waals surface area contributed by atoms with Gasteiger partial charge < -0.3 is 20.5 Å². The summed E-state index contributed by atoms with van der Waals surface area (Å²) in [5.41, 5.74) is 1.81. The molecule has 164 valence electrons. The van der Waals surface area contributed by atoms with Crippen LogP contribution in [0.5, 0.6) is 0 Å². The van der Waals surface area contributed by atoms with E-state index in [0.717, 1.165) is 11.8 Å². The van der Waals surface area contributed by atoms with E-state index in [-0.39, 0.29) is 36.3 Å². The van der Waals surface area contributed by atoms with Gasteiger partial charge in [-0.2, -0.15) is 0 Å². The Hall–Kier alpha value is -3.40. The number of rotatable bonds is 9. The Bertz CT molecular complexity index is 934. The van der Waals surface area contributed by atoms with Crippen molar-refractivity contribution in [1.82, 2.24) is 5.32 Å². The second kappa shape index (κ2) is 11.7. The largest absolute Gasteiger partial charge is 0.480 e. The van der Waals surface area contributed by atoms with Gasteiger partial charge in [-0.25, -0.2) is 14.0 Å². The van der Waals surface area contributed by atoms with Gasteiger partial charge in [0, 0.05) is 12.1 Å². The number of hydrogen-bond donors (Lipinski definition) is 3. The van der Waals surface area contributed by atoms with Crippen LogP contribution in [0.1, 0.15) is 17.5 Å². The maximum atomic E-state index is 12.9. The molecule has 31 heavy (non-hydrogen) atoms. The molecule has 2 aromatic rings. The predicted octanol–water partition coefficient (Wildman–Crippen LogP) is 2.97. The van der Waals surface area contributed by atoms with E-state index in [2.05, 4.69) is 10.6 Å². The summed E-state index contributed by atoms with van der Waals surface area (Å²) in [5, 5.41) is 13.6. The fraction of sp³-hybridized carbons (Fsp3) is 0.238. The summed E-state index contributed by atoms with van der Waals surface area (Å²) < 4.78 is 17.9. The molecular formula is C21H21FN2O6S. The second-order valence-electron chi connectivity index (χ2n) is 6.44. The highest BCUT2D eigenvalue weighted by atomic mass is 32.2. The van der Waals surface area contributed by atoms with E-state index in [1.807, 2.05) is 0 Å². The summed E-state index contributed by atoms with van der Waals surface area (Å²) in [5.74, 6) is -1.97. The Morgan fingerprint density at radius 2 is 1.65 bits per heavy atom. The van der Waals surface area contributed by atoms with Crippen molar-refractivity contribution in [3.05, 3.63) is 65.5 Å². The summed E-state index contributed by atoms with van der Waals surface area (Å²) in [6, 6.07) is 10.8. The lowest BCUT2D eigenvalue weighted by atomic mass is 10.1. The molecule has 0 aliphatic heterocycles. The van der Waals surface area contributed by atoms with Crippen molar-refractivity contribution < 1.29 is 33.4 Å². The molecule has 0 radical (unpaired) electrons. The molecule has 2 amide bonds. The highest BCUT2D eigenvalue weighted by Gasteiger charge is 2.23. The lowest BCUT2D eigenvalue weighted by molar-refractivity contribution is -0.140. The third kappa shape index (κ3) is 8.47. The van der Waals surface area contributed by atoms with E-state index in [1.165, 1.54) is 30.5 Å². The van der Waals surface area contributed by atoms with Crippen LogP contribution < -0.4 is 10.6 Å². The van der Waals surface area contributed by atoms with Crippen molar-refractivity contribution in [3.63, 3.8) is 0 Å². The minimum Gasteiger partial charge on any atom is -0.480 e. The molecule has 0 aliphatic carbocycles. The topological polar surface area (TPSA) is 122 Å². The van der Waals surface area contributed by atoms with E-state index < -0.39 is 18.1 Å². The van der Waals surface area contributed by atoms with Gasteiger partial charge in [0.25, 0.3) is 0 Å². The summed E-state index contributed by atoms with van der Waals surface area (Å²) in [7, 11) is 0. The summed E-state index contributed by atoms with van der Waals surface area (Å²) in [6.07, 6.45) is 0.305. The molecule has 0 fully saturated rings. The van der Waals surface area contributed by atoms with Crippen LogP contribution in [-0.2, 0) is 32.1 Å². The van der Waals surface area contributed by atoms with Crippen LogP contribution in [0.2, 0.25) is 0 Å². The SMILES string of the molecule is CSC(=O)C[C@H](NC(=O)OCc1ccc(NC(=O)Cc2ccc(F)cc2)cc1)C(=O)O. The average molecular weight is 448 g/mol. The van der Waals surface area contributed by atoms with Gasteiger partial charge in [-0.1, -0.05) is 36.0 Å². The van der Waals surface area contributed by atoms with Gasteiger partial charge in [-0.15, -0.1) is 0 Å². The second-order valence-corrected chi connectivity index (χ2v) is 7.30. The van der Waals surface area contributed by atoms with Crippen LogP contribution in [0.25, 0.3) is 0 Å². The summed E-state index contributed by atoms with van der Waals surface area (Å²) in [6.45, 7) is -0.127. The van der Waals surface area contributed by atoms with Crippen LogP contribution in [0.4, 0.5) is 14.9 Å². The summed E-state index contributed by atoms with van der Waals surface area (Å²) in [4.78, 5) is 46.4. The van der Waals surface area contributed by atoms with Gasteiger partial charge in [0.1, 0.15) is 18.5 Å². The Balaban J connectivity index is 1.81. The van der Waals surface area contributed by atoms with E-state index in [9.17, 15) is 23.6 Å². The molecule has 2 aromatic carbocycles. The van der Waals surface area contributed by atoms with Crippen LogP contribution in [0, 0.1) is 5.82 Å². The third-order valence-corrected chi connectivity index (χ3v) is 4.70. The molecule has 0 aromatic heterocycles. The minimum atomic E-state index is -1.37.